The summed E-state index contributed by atoms with van der Waals surface area (Å²) in [6, 6.07) is 4.84. The maximum Gasteiger partial charge on any atom is 0.229 e. The van der Waals surface area contributed by atoms with E-state index in [0.717, 1.165) is 49.9 Å². The van der Waals surface area contributed by atoms with Crippen molar-refractivity contribution in [2.45, 2.75) is 31.7 Å². The Morgan fingerprint density at radius 3 is 2.87 bits per heavy atom. The van der Waals surface area contributed by atoms with E-state index in [-0.39, 0.29) is 30.2 Å². The highest BCUT2D eigenvalue weighted by atomic mass is 35.5. The first-order valence-corrected chi connectivity index (χ1v) is 7.93. The summed E-state index contributed by atoms with van der Waals surface area (Å²) < 4.78 is 18.6. The van der Waals surface area contributed by atoms with Crippen molar-refractivity contribution >= 4 is 18.3 Å². The number of carbonyl (C=O) groups is 1. The molecule has 6 heteroatoms. The zero-order valence-electron chi connectivity index (χ0n) is 13.4. The van der Waals surface area contributed by atoms with Crippen LogP contribution in [-0.4, -0.2) is 32.7 Å². The van der Waals surface area contributed by atoms with Crippen molar-refractivity contribution in [1.82, 2.24) is 10.6 Å². The normalized spacial score (nSPS) is 22.1. The van der Waals surface area contributed by atoms with Gasteiger partial charge in [-0.25, -0.2) is 4.39 Å². The first-order valence-electron chi connectivity index (χ1n) is 7.93. The highest BCUT2D eigenvalue weighted by Gasteiger charge is 2.41. The van der Waals surface area contributed by atoms with Crippen molar-refractivity contribution in [2.24, 2.45) is 5.41 Å². The van der Waals surface area contributed by atoms with Crippen LogP contribution in [-0.2, 0) is 16.0 Å². The van der Waals surface area contributed by atoms with E-state index < -0.39 is 5.41 Å². The third kappa shape index (κ3) is 3.67. The lowest BCUT2D eigenvalue weighted by Crippen LogP contribution is -2.50. The van der Waals surface area contributed by atoms with Gasteiger partial charge in [0, 0.05) is 7.11 Å². The largest absolute Gasteiger partial charge is 0.384 e. The van der Waals surface area contributed by atoms with Crippen LogP contribution in [0.15, 0.2) is 18.2 Å². The predicted molar refractivity (Wildman–Crippen MR) is 89.3 cm³/mol. The summed E-state index contributed by atoms with van der Waals surface area (Å²) >= 11 is 0. The van der Waals surface area contributed by atoms with Crippen LogP contribution in [0, 0.1) is 11.2 Å². The zero-order valence-corrected chi connectivity index (χ0v) is 14.2. The molecule has 1 heterocycles. The van der Waals surface area contributed by atoms with E-state index in [9.17, 15) is 9.18 Å². The van der Waals surface area contributed by atoms with E-state index in [1.54, 1.807) is 19.2 Å². The Labute approximate surface area is 142 Å². The van der Waals surface area contributed by atoms with Gasteiger partial charge in [-0.2, -0.15) is 0 Å². The second kappa shape index (κ2) is 7.60. The van der Waals surface area contributed by atoms with Gasteiger partial charge in [0.2, 0.25) is 5.91 Å². The molecule has 2 N–H and O–H groups in total. The predicted octanol–water partition coefficient (Wildman–Crippen LogP) is 2.37. The molecule has 0 aromatic heterocycles. The van der Waals surface area contributed by atoms with E-state index in [0.29, 0.717) is 6.61 Å². The fourth-order valence-electron chi connectivity index (χ4n) is 3.67. The lowest BCUT2D eigenvalue weighted by atomic mass is 9.78. The molecule has 0 saturated carbocycles. The third-order valence-electron chi connectivity index (χ3n) is 4.95. The van der Waals surface area contributed by atoms with Crippen molar-refractivity contribution in [3.63, 3.8) is 0 Å². The molecule has 1 unspecified atom stereocenters. The number of ether oxygens (including phenoxy) is 1. The molecule has 4 nitrogen and oxygen atoms in total. The van der Waals surface area contributed by atoms with E-state index in [1.807, 2.05) is 0 Å². The fraction of sp³-hybridized carbons (Fsp3) is 0.588. The Morgan fingerprint density at radius 2 is 2.17 bits per heavy atom. The van der Waals surface area contributed by atoms with Crippen molar-refractivity contribution < 1.29 is 13.9 Å². The van der Waals surface area contributed by atoms with Gasteiger partial charge in [0.25, 0.3) is 0 Å². The van der Waals surface area contributed by atoms with Crippen LogP contribution in [0.1, 0.15) is 36.4 Å². The van der Waals surface area contributed by atoms with Crippen LogP contribution in [0.2, 0.25) is 0 Å². The average molecular weight is 343 g/mol. The number of benzene rings is 1. The molecule has 1 aromatic carbocycles. The standard InChI is InChI=1S/C17H23FN2O2.ClH/c1-22-11-17(6-8-19-9-7-17)16(21)20-15-5-2-12-10-13(18)3-4-14(12)15;/h3-4,10,15,19H,2,5-9,11H2,1H3,(H,20,21);1H. The summed E-state index contributed by atoms with van der Waals surface area (Å²) in [5.74, 6) is -0.141. The molecule has 1 amide bonds. The molecule has 2 aliphatic rings. The molecule has 1 fully saturated rings. The molecule has 1 aliphatic heterocycles. The van der Waals surface area contributed by atoms with E-state index in [4.69, 9.17) is 4.74 Å². The third-order valence-corrected chi connectivity index (χ3v) is 4.95. The van der Waals surface area contributed by atoms with Gasteiger partial charge in [0.1, 0.15) is 5.82 Å². The van der Waals surface area contributed by atoms with Crippen LogP contribution in [0.25, 0.3) is 0 Å². The Balaban J connectivity index is 0.00000192. The van der Waals surface area contributed by atoms with Crippen LogP contribution >= 0.6 is 12.4 Å². The molecule has 0 bridgehead atoms. The minimum atomic E-state index is -0.442. The van der Waals surface area contributed by atoms with Gasteiger partial charge in [-0.15, -0.1) is 12.4 Å². The Bertz CT molecular complexity index is 556. The Hall–Kier alpha value is -1.17. The van der Waals surface area contributed by atoms with Crippen LogP contribution in [0.5, 0.6) is 0 Å². The molecule has 1 saturated heterocycles. The number of nitrogens with one attached hydrogen (secondary N) is 2. The van der Waals surface area contributed by atoms with Crippen LogP contribution < -0.4 is 10.6 Å². The number of piperidine rings is 1. The molecule has 1 aliphatic carbocycles. The molecule has 1 aromatic rings. The van der Waals surface area contributed by atoms with Gasteiger partial charge < -0.3 is 15.4 Å². The maximum absolute atomic E-state index is 13.3. The van der Waals surface area contributed by atoms with E-state index in [2.05, 4.69) is 10.6 Å². The average Bonchev–Trinajstić information content (AvgIpc) is 2.90. The van der Waals surface area contributed by atoms with Crippen molar-refractivity contribution in [2.75, 3.05) is 26.8 Å². The van der Waals surface area contributed by atoms with Gasteiger partial charge in [-0.1, -0.05) is 6.07 Å². The van der Waals surface area contributed by atoms with E-state index in [1.165, 1.54) is 6.07 Å². The second-order valence-corrected chi connectivity index (χ2v) is 6.37. The smallest absolute Gasteiger partial charge is 0.229 e. The highest BCUT2D eigenvalue weighted by molar-refractivity contribution is 5.85. The number of hydrogen-bond acceptors (Lipinski definition) is 3. The minimum Gasteiger partial charge on any atom is -0.384 e. The lowest BCUT2D eigenvalue weighted by molar-refractivity contribution is -0.137. The molecule has 3 rings (SSSR count). The molecular formula is C17H24ClFN2O2. The fourth-order valence-corrected chi connectivity index (χ4v) is 3.67. The molecule has 0 radical (unpaired) electrons. The van der Waals surface area contributed by atoms with E-state index >= 15 is 0 Å². The summed E-state index contributed by atoms with van der Waals surface area (Å²) in [6.45, 7) is 2.12. The minimum absolute atomic E-state index is 0. The van der Waals surface area contributed by atoms with Gasteiger partial charge in [0.15, 0.2) is 0 Å². The Kier molecular flexibility index (Phi) is 6.00. The molecule has 23 heavy (non-hydrogen) atoms. The van der Waals surface area contributed by atoms with Crippen molar-refractivity contribution in [1.29, 1.82) is 0 Å². The zero-order chi connectivity index (χ0) is 15.6. The molecule has 1 atom stereocenters. The van der Waals surface area contributed by atoms with Gasteiger partial charge in [-0.3, -0.25) is 4.79 Å². The summed E-state index contributed by atoms with van der Waals surface area (Å²) in [4.78, 5) is 12.8. The number of hydrogen-bond donors (Lipinski definition) is 2. The first-order chi connectivity index (χ1) is 10.6. The number of carbonyl (C=O) groups excluding carboxylic acids is 1. The lowest BCUT2D eigenvalue weighted by Gasteiger charge is -2.36. The summed E-state index contributed by atoms with van der Waals surface area (Å²) in [7, 11) is 1.64. The molecular weight excluding hydrogens is 319 g/mol. The van der Waals surface area contributed by atoms with Crippen molar-refractivity contribution in [3.8, 4) is 0 Å². The van der Waals surface area contributed by atoms with Crippen LogP contribution in [0.4, 0.5) is 4.39 Å². The number of fused-ring (bicyclic) bond motifs is 1. The maximum atomic E-state index is 13.3. The topological polar surface area (TPSA) is 50.4 Å². The highest BCUT2D eigenvalue weighted by Crippen LogP contribution is 2.35. The number of amides is 1. The quantitative estimate of drug-likeness (QED) is 0.883. The SMILES string of the molecule is COCC1(C(=O)NC2CCc3cc(F)ccc32)CCNCC1.Cl. The number of aryl methyl sites for hydroxylation is 1. The van der Waals surface area contributed by atoms with Crippen LogP contribution in [0.3, 0.4) is 0 Å². The second-order valence-electron chi connectivity index (χ2n) is 6.37. The number of halogens is 2. The van der Waals surface area contributed by atoms with Gasteiger partial charge in [0.05, 0.1) is 18.1 Å². The molecule has 128 valence electrons. The first kappa shape index (κ1) is 18.2. The summed E-state index contributed by atoms with van der Waals surface area (Å²) in [6.07, 6.45) is 3.23. The Morgan fingerprint density at radius 1 is 1.43 bits per heavy atom. The number of methoxy groups -OCH3 is 1. The molecule has 0 spiro atoms. The van der Waals surface area contributed by atoms with Gasteiger partial charge >= 0.3 is 0 Å². The number of rotatable bonds is 4. The van der Waals surface area contributed by atoms with Gasteiger partial charge in [-0.05, 0) is 62.0 Å². The van der Waals surface area contributed by atoms with Crippen molar-refractivity contribution in [3.05, 3.63) is 35.1 Å². The monoisotopic (exact) mass is 342 g/mol. The summed E-state index contributed by atoms with van der Waals surface area (Å²) in [5.41, 5.74) is 1.62. The summed E-state index contributed by atoms with van der Waals surface area (Å²) in [5, 5.41) is 6.47.